The second kappa shape index (κ2) is 24.7. The van der Waals surface area contributed by atoms with E-state index in [-0.39, 0.29) is 24.8 Å². The van der Waals surface area contributed by atoms with Crippen molar-refractivity contribution in [2.24, 2.45) is 5.11 Å². The van der Waals surface area contributed by atoms with Crippen molar-refractivity contribution >= 4 is 48.9 Å². The molecule has 14 heteroatoms. The molecule has 6 N–H and O–H groups in total. The molecule has 0 spiro atoms. The Morgan fingerprint density at radius 2 is 1.40 bits per heavy atom. The van der Waals surface area contributed by atoms with Crippen LogP contribution in [0.2, 0.25) is 0 Å². The van der Waals surface area contributed by atoms with E-state index in [0.717, 1.165) is 67.7 Å². The average Bonchev–Trinajstić information content (AvgIpc) is 3.83. The van der Waals surface area contributed by atoms with Crippen LogP contribution in [-0.2, 0) is 25.8 Å². The molecule has 5 rings (SSSR count). The quantitative estimate of drug-likeness (QED) is 0.0330. The molecule has 0 radical (unpaired) electrons. The fraction of sp³-hybridized carbons (Fsp3) is 0.235. The van der Waals surface area contributed by atoms with E-state index >= 15 is 0 Å². The van der Waals surface area contributed by atoms with Crippen LogP contribution in [0.5, 0.6) is 0 Å². The second-order valence-electron chi connectivity index (χ2n) is 9.97. The largest absolute Gasteiger partial charge is 0.369 e. The summed E-state index contributed by atoms with van der Waals surface area (Å²) < 4.78 is 1.85. The maximum absolute atomic E-state index is 7.99. The van der Waals surface area contributed by atoms with Crippen LogP contribution in [-0.4, -0.2) is 41.5 Å². The van der Waals surface area contributed by atoms with Crippen LogP contribution in [0, 0.1) is 12.3 Å². The van der Waals surface area contributed by atoms with E-state index in [9.17, 15) is 0 Å². The van der Waals surface area contributed by atoms with Crippen molar-refractivity contribution < 1.29 is 0 Å². The topological polar surface area (TPSA) is 189 Å². The first-order chi connectivity index (χ1) is 22.6. The lowest BCUT2D eigenvalue weighted by Crippen LogP contribution is -1.95. The number of aromatic nitrogens is 7. The van der Waals surface area contributed by atoms with Gasteiger partial charge in [-0.05, 0) is 48.8 Å². The number of allylic oxidation sites excluding steroid dienone is 1. The number of hydrogen-bond donors (Lipinski definition) is 4. The third-order valence-corrected chi connectivity index (χ3v) is 6.29. The zero-order valence-electron chi connectivity index (χ0n) is 26.6. The molecule has 0 saturated heterocycles. The minimum absolute atomic E-state index is 0. The van der Waals surface area contributed by atoms with Crippen LogP contribution >= 0.6 is 24.8 Å². The highest BCUT2D eigenvalue weighted by Crippen LogP contribution is 2.07. The number of anilines is 2. The molecule has 0 aliphatic rings. The number of rotatable bonds is 13. The minimum atomic E-state index is 0. The zero-order chi connectivity index (χ0) is 32.7. The third kappa shape index (κ3) is 17.3. The monoisotopic (exact) mass is 688 g/mol. The van der Waals surface area contributed by atoms with Crippen molar-refractivity contribution in [1.29, 1.82) is 0 Å². The lowest BCUT2D eigenvalue weighted by Gasteiger charge is -1.96. The van der Waals surface area contributed by atoms with Gasteiger partial charge in [0, 0.05) is 35.5 Å². The van der Waals surface area contributed by atoms with Crippen LogP contribution in [0.25, 0.3) is 22.6 Å². The predicted molar refractivity (Wildman–Crippen MR) is 199 cm³/mol. The number of terminal acetylenes is 1. The summed E-state index contributed by atoms with van der Waals surface area (Å²) in [7, 11) is 0. The first kappa shape index (κ1) is 40.6. The van der Waals surface area contributed by atoms with Gasteiger partial charge in [0.15, 0.2) is 11.9 Å². The number of aryl methyl sites for hydroxylation is 3. The van der Waals surface area contributed by atoms with Gasteiger partial charge < -0.3 is 21.4 Å². The van der Waals surface area contributed by atoms with Crippen LogP contribution in [0.3, 0.4) is 0 Å². The number of nitrogens with one attached hydrogen (secondary N) is 2. The number of unbranched alkanes of at least 4 members (excludes halogenated alkanes) is 1. The summed E-state index contributed by atoms with van der Waals surface area (Å²) in [6.45, 7) is 1.13. The number of nitrogen functional groups attached to an aromatic ring is 2. The van der Waals surface area contributed by atoms with Gasteiger partial charge in [-0.2, -0.15) is 0 Å². The van der Waals surface area contributed by atoms with Gasteiger partial charge in [0.25, 0.3) is 0 Å². The van der Waals surface area contributed by atoms with Crippen molar-refractivity contribution in [3.63, 3.8) is 0 Å². The molecule has 252 valence electrons. The van der Waals surface area contributed by atoms with E-state index < -0.39 is 0 Å². The number of benzene rings is 2. The standard InChI is InChI=1S/C17H20N6.C9H9N3.C8H11N3.2ClH/c18-17-19-12-15(20-17)9-4-10-16-13-23(22-21-16)11-5-8-14-6-2-1-3-7-14;10-12-11-8-4-7-9-5-2-1-3-6-9;1-2-3-4-5-7-6-10-8(9)11-7;;/h1-3,5-8,12-13H,4,9-11H2,(H3,18,19,20);1-7H,8H2;1,6H,3-5H2,(H3,9,10,11);2*1H/b8-5+;7-4+;;;. The summed E-state index contributed by atoms with van der Waals surface area (Å²) in [5, 5.41) is 11.7. The average molecular weight is 690 g/mol. The second-order valence-corrected chi connectivity index (χ2v) is 9.97. The fourth-order valence-corrected chi connectivity index (χ4v) is 4.09. The highest BCUT2D eigenvalue weighted by Gasteiger charge is 2.02. The molecule has 0 bridgehead atoms. The molecule has 0 fully saturated rings. The van der Waals surface area contributed by atoms with Gasteiger partial charge in [-0.3, -0.25) is 0 Å². The summed E-state index contributed by atoms with van der Waals surface area (Å²) in [5.41, 5.74) is 24.3. The first-order valence-electron chi connectivity index (χ1n) is 14.9. The highest BCUT2D eigenvalue weighted by atomic mass is 35.5. The summed E-state index contributed by atoms with van der Waals surface area (Å²) >= 11 is 0. The molecule has 0 unspecified atom stereocenters. The van der Waals surface area contributed by atoms with Crippen LogP contribution < -0.4 is 11.5 Å². The van der Waals surface area contributed by atoms with Gasteiger partial charge in [0.05, 0.1) is 24.6 Å². The smallest absolute Gasteiger partial charge is 0.197 e. The van der Waals surface area contributed by atoms with Crippen molar-refractivity contribution in [3.05, 3.63) is 130 Å². The predicted octanol–water partition coefficient (Wildman–Crippen LogP) is 7.27. The van der Waals surface area contributed by atoms with Gasteiger partial charge in [-0.15, -0.1) is 42.3 Å². The molecule has 0 aliphatic heterocycles. The van der Waals surface area contributed by atoms with Crippen LogP contribution in [0.4, 0.5) is 11.9 Å². The van der Waals surface area contributed by atoms with Gasteiger partial charge in [-0.1, -0.05) is 95.3 Å². The number of imidazole rings is 2. The Labute approximate surface area is 293 Å². The summed E-state index contributed by atoms with van der Waals surface area (Å²) in [5.74, 6) is 3.52. The first-order valence-corrected chi connectivity index (χ1v) is 14.9. The number of azide groups is 1. The molecule has 0 amide bonds. The number of nitrogens with zero attached hydrogens (tertiary/aromatic N) is 8. The molecule has 0 saturated carbocycles. The lowest BCUT2D eigenvalue weighted by molar-refractivity contribution is 0.662. The normalized spacial score (nSPS) is 9.98. The maximum atomic E-state index is 7.99. The Kier molecular flexibility index (Phi) is 20.9. The molecular weight excluding hydrogens is 647 g/mol. The van der Waals surface area contributed by atoms with E-state index in [0.29, 0.717) is 18.4 Å². The Bertz CT molecular complexity index is 1700. The minimum Gasteiger partial charge on any atom is -0.369 e. The number of aromatic amines is 2. The van der Waals surface area contributed by atoms with E-state index in [1.54, 1.807) is 12.4 Å². The fourth-order valence-electron chi connectivity index (χ4n) is 4.09. The highest BCUT2D eigenvalue weighted by molar-refractivity contribution is 5.85. The molecule has 0 atom stereocenters. The van der Waals surface area contributed by atoms with Crippen LogP contribution in [0.15, 0.2) is 96.5 Å². The maximum Gasteiger partial charge on any atom is 0.197 e. The molecule has 0 aliphatic carbocycles. The Morgan fingerprint density at radius 1 is 0.833 bits per heavy atom. The molecule has 48 heavy (non-hydrogen) atoms. The van der Waals surface area contributed by atoms with E-state index in [4.69, 9.17) is 23.4 Å². The Hall–Kier alpha value is -5.47. The zero-order valence-corrected chi connectivity index (χ0v) is 28.2. The van der Waals surface area contributed by atoms with Gasteiger partial charge in [0.2, 0.25) is 0 Å². The molecule has 3 aromatic heterocycles. The summed E-state index contributed by atoms with van der Waals surface area (Å²) in [6.07, 6.45) is 24.0. The molecule has 5 aromatic rings. The van der Waals surface area contributed by atoms with E-state index in [2.05, 4.69) is 70.5 Å². The summed E-state index contributed by atoms with van der Waals surface area (Å²) in [4.78, 5) is 16.5. The van der Waals surface area contributed by atoms with Gasteiger partial charge >= 0.3 is 0 Å². The van der Waals surface area contributed by atoms with Crippen molar-refractivity contribution in [2.75, 3.05) is 18.0 Å². The van der Waals surface area contributed by atoms with Crippen molar-refractivity contribution in [1.82, 2.24) is 34.9 Å². The Balaban J connectivity index is 0.000000391. The SMILES string of the molecule is C#CCCCc1cnc(N)[nH]1.Cl.Cl.Nc1ncc(CCCc2cn(C/C=C/c3ccccc3)nn2)[nH]1.[N-]=[N+]=NC/C=C/c1ccccc1. The van der Waals surface area contributed by atoms with E-state index in [1.165, 1.54) is 5.56 Å². The molecule has 2 aromatic carbocycles. The number of halogens is 2. The summed E-state index contributed by atoms with van der Waals surface area (Å²) in [6, 6.07) is 20.1. The molecule has 12 nitrogen and oxygen atoms in total. The third-order valence-electron chi connectivity index (χ3n) is 6.29. The van der Waals surface area contributed by atoms with Crippen molar-refractivity contribution in [3.8, 4) is 12.3 Å². The number of hydrogen-bond acceptors (Lipinski definition) is 7. The van der Waals surface area contributed by atoms with Crippen molar-refractivity contribution in [2.45, 2.75) is 45.1 Å². The number of nitrogens with two attached hydrogens (primary N) is 2. The van der Waals surface area contributed by atoms with Crippen LogP contribution in [0.1, 0.15) is 47.5 Å². The van der Waals surface area contributed by atoms with E-state index in [1.807, 2.05) is 71.6 Å². The molecular formula is C34H42Cl2N12. The molecule has 3 heterocycles. The number of H-pyrrole nitrogens is 2. The Morgan fingerprint density at radius 3 is 1.92 bits per heavy atom. The lowest BCUT2D eigenvalue weighted by atomic mass is 10.2. The van der Waals surface area contributed by atoms with Gasteiger partial charge in [0.1, 0.15) is 0 Å². The van der Waals surface area contributed by atoms with Gasteiger partial charge in [-0.25, -0.2) is 14.6 Å².